The van der Waals surface area contributed by atoms with Crippen LogP contribution in [-0.2, 0) is 6.54 Å². The molecular formula is C26H25N9O2. The van der Waals surface area contributed by atoms with Gasteiger partial charge in [-0.15, -0.1) is 0 Å². The summed E-state index contributed by atoms with van der Waals surface area (Å²) in [5, 5.41) is 22.7. The molecule has 6 rings (SSSR count). The monoisotopic (exact) mass is 495 g/mol. The van der Waals surface area contributed by atoms with E-state index in [1.807, 2.05) is 62.6 Å². The van der Waals surface area contributed by atoms with E-state index in [1.165, 1.54) is 6.33 Å². The van der Waals surface area contributed by atoms with E-state index in [1.54, 1.807) is 26.2 Å². The quantitative estimate of drug-likeness (QED) is 0.310. The Kier molecular flexibility index (Phi) is 5.53. The van der Waals surface area contributed by atoms with Crippen LogP contribution in [0.25, 0.3) is 33.4 Å². The normalized spacial score (nSPS) is 12.4. The number of hydrogen-bond acceptors (Lipinski definition) is 7. The van der Waals surface area contributed by atoms with E-state index in [2.05, 4.69) is 25.4 Å². The molecule has 6 aromatic rings. The van der Waals surface area contributed by atoms with Crippen molar-refractivity contribution in [3.63, 3.8) is 0 Å². The molecule has 5 aromatic heterocycles. The van der Waals surface area contributed by atoms with Gasteiger partial charge in [-0.1, -0.05) is 18.2 Å². The topological polar surface area (TPSA) is 131 Å². The van der Waals surface area contributed by atoms with Crippen LogP contribution in [0.5, 0.6) is 0 Å². The zero-order valence-electron chi connectivity index (χ0n) is 20.3. The molecule has 1 aromatic carbocycles. The van der Waals surface area contributed by atoms with Crippen molar-refractivity contribution < 1.29 is 5.11 Å². The number of fused-ring (bicyclic) bond motifs is 2. The number of aromatic nitrogens is 8. The first-order valence-corrected chi connectivity index (χ1v) is 11.9. The van der Waals surface area contributed by atoms with E-state index >= 15 is 0 Å². The number of benzene rings is 1. The second-order valence-corrected chi connectivity index (χ2v) is 8.86. The van der Waals surface area contributed by atoms with Crippen molar-refractivity contribution >= 4 is 22.4 Å². The highest BCUT2D eigenvalue weighted by molar-refractivity contribution is 6.00. The highest BCUT2D eigenvalue weighted by Gasteiger charge is 2.22. The van der Waals surface area contributed by atoms with Crippen LogP contribution in [0.3, 0.4) is 0 Å². The molecule has 1 atom stereocenters. The molecular weight excluding hydrogens is 470 g/mol. The number of nitrogens with one attached hydrogen (secondary N) is 2. The second kappa shape index (κ2) is 9.03. The van der Waals surface area contributed by atoms with Gasteiger partial charge in [-0.3, -0.25) is 14.0 Å². The lowest BCUT2D eigenvalue weighted by atomic mass is 10.1. The lowest BCUT2D eigenvalue weighted by molar-refractivity contribution is 0.269. The number of rotatable bonds is 7. The average molecular weight is 496 g/mol. The summed E-state index contributed by atoms with van der Waals surface area (Å²) in [6.07, 6.45) is 8.77. The largest absolute Gasteiger partial charge is 0.394 e. The van der Waals surface area contributed by atoms with Gasteiger partial charge in [0.2, 0.25) is 0 Å². The smallest absolute Gasteiger partial charge is 0.282 e. The highest BCUT2D eigenvalue weighted by Crippen LogP contribution is 2.33. The molecule has 11 nitrogen and oxygen atoms in total. The Morgan fingerprint density at radius 2 is 2.00 bits per heavy atom. The van der Waals surface area contributed by atoms with Crippen molar-refractivity contribution in [2.24, 2.45) is 0 Å². The van der Waals surface area contributed by atoms with E-state index in [-0.39, 0.29) is 12.2 Å². The minimum atomic E-state index is -0.391. The van der Waals surface area contributed by atoms with E-state index < -0.39 is 6.04 Å². The van der Waals surface area contributed by atoms with Crippen molar-refractivity contribution in [3.8, 4) is 16.8 Å². The summed E-state index contributed by atoms with van der Waals surface area (Å²) in [5.74, 6) is 1.14. The van der Waals surface area contributed by atoms with Crippen molar-refractivity contribution in [1.82, 2.24) is 38.9 Å². The number of H-pyrrole nitrogens is 1. The zero-order chi connectivity index (χ0) is 25.5. The maximum absolute atomic E-state index is 13.7. The third kappa shape index (κ3) is 3.85. The summed E-state index contributed by atoms with van der Waals surface area (Å²) in [4.78, 5) is 25.8. The Bertz CT molecular complexity index is 1780. The minimum Gasteiger partial charge on any atom is -0.394 e. The number of aliphatic hydroxyl groups is 1. The van der Waals surface area contributed by atoms with Crippen molar-refractivity contribution in [2.45, 2.75) is 26.4 Å². The second-order valence-electron chi connectivity index (χ2n) is 8.86. The molecule has 3 N–H and O–H groups in total. The summed E-state index contributed by atoms with van der Waals surface area (Å²) >= 11 is 0. The van der Waals surface area contributed by atoms with Gasteiger partial charge in [-0.25, -0.2) is 14.5 Å². The predicted molar refractivity (Wildman–Crippen MR) is 140 cm³/mol. The first-order chi connectivity index (χ1) is 18.0. The third-order valence-electron chi connectivity index (χ3n) is 6.41. The average Bonchev–Trinajstić information content (AvgIpc) is 3.64. The Morgan fingerprint density at radius 1 is 1.16 bits per heavy atom. The van der Waals surface area contributed by atoms with E-state index in [0.717, 1.165) is 27.8 Å². The van der Waals surface area contributed by atoms with Crippen LogP contribution < -0.4 is 10.9 Å². The van der Waals surface area contributed by atoms with Gasteiger partial charge < -0.3 is 15.4 Å². The number of nitrogens with zero attached hydrogens (tertiary/aromatic N) is 7. The lowest BCUT2D eigenvalue weighted by Crippen LogP contribution is -2.29. The maximum atomic E-state index is 13.7. The van der Waals surface area contributed by atoms with Crippen molar-refractivity contribution in [3.05, 3.63) is 89.3 Å². The molecule has 0 fully saturated rings. The van der Waals surface area contributed by atoms with Crippen LogP contribution in [0.15, 0.2) is 72.3 Å². The third-order valence-corrected chi connectivity index (χ3v) is 6.41. The molecule has 0 aliphatic rings. The summed E-state index contributed by atoms with van der Waals surface area (Å²) in [5.41, 5.74) is 4.41. The van der Waals surface area contributed by atoms with Gasteiger partial charge in [-0.05, 0) is 37.6 Å². The molecule has 0 aliphatic heterocycles. The summed E-state index contributed by atoms with van der Waals surface area (Å²) < 4.78 is 4.97. The Labute approximate surface area is 211 Å². The molecule has 37 heavy (non-hydrogen) atoms. The van der Waals surface area contributed by atoms with E-state index in [0.29, 0.717) is 29.4 Å². The van der Waals surface area contributed by atoms with E-state index in [9.17, 15) is 9.90 Å². The van der Waals surface area contributed by atoms with Gasteiger partial charge in [0.1, 0.15) is 23.3 Å². The molecule has 0 amide bonds. The molecule has 0 aliphatic carbocycles. The SMILES string of the molecule is Cc1ccn2nc([C@H](C)Nc3ncnc4[nH]cc(-c5cnn(CCO)c5)c34)n(-c3ccccc3)c(=O)c12. The number of anilines is 1. The predicted octanol–water partition coefficient (Wildman–Crippen LogP) is 3.09. The van der Waals surface area contributed by atoms with Gasteiger partial charge >= 0.3 is 0 Å². The standard InChI is InChI=1S/C26H25N9O2/c1-16-8-9-34-22(16)26(37)35(19-6-4-3-5-7-19)25(32-34)17(2)31-24-21-20(13-27-23(21)28-15-29-24)18-12-30-33(14-18)10-11-36/h3-9,12-15,17,36H,10-11H2,1-2H3,(H2,27,28,29,31)/t17-/m0/s1. The summed E-state index contributed by atoms with van der Waals surface area (Å²) in [7, 11) is 0. The van der Waals surface area contributed by atoms with Crippen LogP contribution in [0.1, 0.15) is 24.4 Å². The van der Waals surface area contributed by atoms with Gasteiger partial charge in [0.05, 0.1) is 36.5 Å². The number of para-hydroxylation sites is 1. The molecule has 0 saturated carbocycles. The van der Waals surface area contributed by atoms with Gasteiger partial charge in [0.25, 0.3) is 5.56 Å². The highest BCUT2D eigenvalue weighted by atomic mass is 16.3. The van der Waals surface area contributed by atoms with Crippen molar-refractivity contribution in [2.75, 3.05) is 11.9 Å². The fourth-order valence-corrected chi connectivity index (χ4v) is 4.64. The fourth-order valence-electron chi connectivity index (χ4n) is 4.64. The maximum Gasteiger partial charge on any atom is 0.282 e. The Balaban J connectivity index is 1.47. The van der Waals surface area contributed by atoms with Gasteiger partial charge in [0, 0.05) is 29.7 Å². The lowest BCUT2D eigenvalue weighted by Gasteiger charge is -2.20. The molecule has 0 spiro atoms. The van der Waals surface area contributed by atoms with Gasteiger partial charge in [-0.2, -0.15) is 10.2 Å². The molecule has 0 unspecified atom stereocenters. The molecule has 5 heterocycles. The molecule has 0 bridgehead atoms. The Hall–Kier alpha value is -4.77. The molecule has 11 heteroatoms. The summed E-state index contributed by atoms with van der Waals surface area (Å²) in [6.45, 7) is 4.26. The van der Waals surface area contributed by atoms with Crippen LogP contribution >= 0.6 is 0 Å². The number of aromatic amines is 1. The van der Waals surface area contributed by atoms with Crippen LogP contribution in [-0.4, -0.2) is 50.6 Å². The molecule has 0 radical (unpaired) electrons. The van der Waals surface area contributed by atoms with Crippen molar-refractivity contribution in [1.29, 1.82) is 0 Å². The minimum absolute atomic E-state index is 0.00379. The molecule has 0 saturated heterocycles. The number of aliphatic hydroxyl groups excluding tert-OH is 1. The number of aryl methyl sites for hydroxylation is 1. The fraction of sp³-hybridized carbons (Fsp3) is 0.192. The first kappa shape index (κ1) is 22.7. The van der Waals surface area contributed by atoms with Crippen LogP contribution in [0, 0.1) is 6.92 Å². The van der Waals surface area contributed by atoms with Gasteiger partial charge in [0.15, 0.2) is 5.82 Å². The molecule has 186 valence electrons. The van der Waals surface area contributed by atoms with E-state index in [4.69, 9.17) is 5.10 Å². The Morgan fingerprint density at radius 3 is 2.81 bits per heavy atom. The van der Waals surface area contributed by atoms with Crippen LogP contribution in [0.2, 0.25) is 0 Å². The summed E-state index contributed by atoms with van der Waals surface area (Å²) in [6, 6.07) is 11.0. The number of hydrogen-bond donors (Lipinski definition) is 3. The van der Waals surface area contributed by atoms with Crippen LogP contribution in [0.4, 0.5) is 5.82 Å². The first-order valence-electron chi connectivity index (χ1n) is 11.9. The zero-order valence-corrected chi connectivity index (χ0v) is 20.3.